The number of aryl methyl sites for hydroxylation is 1. The number of hydrogen-bond acceptors (Lipinski definition) is 7. The summed E-state index contributed by atoms with van der Waals surface area (Å²) in [7, 11) is 0. The molecule has 7 nitrogen and oxygen atoms in total. The van der Waals surface area contributed by atoms with Crippen LogP contribution in [0.1, 0.15) is 53.0 Å². The quantitative estimate of drug-likeness (QED) is 0.403. The summed E-state index contributed by atoms with van der Waals surface area (Å²) in [6.45, 7) is 4.44. The number of fused-ring (bicyclic) bond motifs is 2. The maximum absolute atomic E-state index is 13.9. The van der Waals surface area contributed by atoms with Crippen LogP contribution < -0.4 is 15.1 Å². The number of anilines is 1. The van der Waals surface area contributed by atoms with Gasteiger partial charge in [-0.3, -0.25) is 14.5 Å². The van der Waals surface area contributed by atoms with E-state index in [4.69, 9.17) is 9.15 Å². The molecule has 168 valence electrons. The molecule has 2 aromatic carbocycles. The Balaban J connectivity index is 1.72. The van der Waals surface area contributed by atoms with Crippen LogP contribution in [0.5, 0.6) is 5.75 Å². The normalized spacial score (nSPS) is 15.3. The molecular formula is C24H20FN3O4S. The highest BCUT2D eigenvalue weighted by Crippen LogP contribution is 2.42. The number of rotatable bonds is 6. The molecular weight excluding hydrogens is 445 g/mol. The molecule has 0 saturated heterocycles. The minimum absolute atomic E-state index is 0.0646. The first-order valence-corrected chi connectivity index (χ1v) is 11.5. The van der Waals surface area contributed by atoms with Gasteiger partial charge in [-0.05, 0) is 49.2 Å². The minimum Gasteiger partial charge on any atom is -0.494 e. The van der Waals surface area contributed by atoms with Crippen molar-refractivity contribution in [1.29, 1.82) is 0 Å². The number of carbonyl (C=O) groups excluding carboxylic acids is 1. The lowest BCUT2D eigenvalue weighted by Crippen LogP contribution is -2.29. The molecule has 0 radical (unpaired) electrons. The molecule has 0 aliphatic carbocycles. The zero-order valence-corrected chi connectivity index (χ0v) is 18.8. The van der Waals surface area contributed by atoms with Gasteiger partial charge in [0.15, 0.2) is 5.43 Å². The third-order valence-electron chi connectivity index (χ3n) is 5.47. The van der Waals surface area contributed by atoms with Crippen LogP contribution in [0.25, 0.3) is 11.0 Å². The number of carbonyl (C=O) groups is 1. The number of aromatic nitrogens is 2. The van der Waals surface area contributed by atoms with E-state index in [2.05, 4.69) is 10.2 Å². The second-order valence-electron chi connectivity index (χ2n) is 7.62. The summed E-state index contributed by atoms with van der Waals surface area (Å²) in [5.41, 5.74) is 0.555. The van der Waals surface area contributed by atoms with E-state index in [9.17, 15) is 14.0 Å². The molecule has 0 bridgehead atoms. The molecule has 0 spiro atoms. The molecule has 2 aromatic heterocycles. The first kappa shape index (κ1) is 21.3. The monoisotopic (exact) mass is 465 g/mol. The number of nitrogens with zero attached hydrogens (tertiary/aromatic N) is 3. The second kappa shape index (κ2) is 8.40. The van der Waals surface area contributed by atoms with E-state index >= 15 is 0 Å². The van der Waals surface area contributed by atoms with Crippen LogP contribution in [-0.2, 0) is 6.42 Å². The molecule has 33 heavy (non-hydrogen) atoms. The summed E-state index contributed by atoms with van der Waals surface area (Å²) in [5.74, 6) is -0.426. The molecule has 3 heterocycles. The summed E-state index contributed by atoms with van der Waals surface area (Å²) in [6.07, 6.45) is 1.63. The maximum Gasteiger partial charge on any atom is 0.297 e. The van der Waals surface area contributed by atoms with Crippen molar-refractivity contribution in [3.63, 3.8) is 0 Å². The summed E-state index contributed by atoms with van der Waals surface area (Å²) in [4.78, 5) is 28.4. The highest BCUT2D eigenvalue weighted by atomic mass is 32.1. The van der Waals surface area contributed by atoms with Gasteiger partial charge < -0.3 is 9.15 Å². The third-order valence-corrected chi connectivity index (χ3v) is 6.45. The van der Waals surface area contributed by atoms with E-state index in [-0.39, 0.29) is 22.3 Å². The largest absolute Gasteiger partial charge is 0.494 e. The van der Waals surface area contributed by atoms with Gasteiger partial charge in [-0.25, -0.2) is 4.39 Å². The molecule has 1 amide bonds. The summed E-state index contributed by atoms with van der Waals surface area (Å²) >= 11 is 1.31. The Morgan fingerprint density at radius 2 is 1.91 bits per heavy atom. The first-order chi connectivity index (χ1) is 16.0. The number of benzene rings is 2. The second-order valence-corrected chi connectivity index (χ2v) is 8.66. The van der Waals surface area contributed by atoms with Crippen LogP contribution >= 0.6 is 11.3 Å². The Labute approximate surface area is 192 Å². The fourth-order valence-corrected chi connectivity index (χ4v) is 4.99. The Bertz CT molecular complexity index is 1410. The smallest absolute Gasteiger partial charge is 0.297 e. The van der Waals surface area contributed by atoms with Gasteiger partial charge in [0.2, 0.25) is 10.9 Å². The Hall–Kier alpha value is -3.59. The van der Waals surface area contributed by atoms with Crippen LogP contribution in [0.3, 0.4) is 0 Å². The molecule has 1 atom stereocenters. The van der Waals surface area contributed by atoms with Gasteiger partial charge in [0, 0.05) is 6.42 Å². The van der Waals surface area contributed by atoms with Crippen molar-refractivity contribution in [2.24, 2.45) is 0 Å². The molecule has 9 heteroatoms. The van der Waals surface area contributed by atoms with Gasteiger partial charge in [-0.1, -0.05) is 30.4 Å². The molecule has 1 unspecified atom stereocenters. The van der Waals surface area contributed by atoms with Crippen LogP contribution in [0.4, 0.5) is 9.52 Å². The van der Waals surface area contributed by atoms with Crippen molar-refractivity contribution in [3.8, 4) is 5.75 Å². The van der Waals surface area contributed by atoms with Crippen LogP contribution in [0.15, 0.2) is 51.7 Å². The van der Waals surface area contributed by atoms with Gasteiger partial charge in [0.25, 0.3) is 5.91 Å². The molecule has 0 saturated carbocycles. The lowest BCUT2D eigenvalue weighted by Gasteiger charge is -2.22. The van der Waals surface area contributed by atoms with E-state index in [0.29, 0.717) is 23.1 Å². The van der Waals surface area contributed by atoms with E-state index < -0.39 is 23.2 Å². The van der Waals surface area contributed by atoms with Gasteiger partial charge >= 0.3 is 0 Å². The van der Waals surface area contributed by atoms with Crippen molar-refractivity contribution in [1.82, 2.24) is 10.2 Å². The topological polar surface area (TPSA) is 85.5 Å². The fourth-order valence-electron chi connectivity index (χ4n) is 4.03. The molecule has 4 aromatic rings. The lowest BCUT2D eigenvalue weighted by molar-refractivity contribution is 0.0970. The van der Waals surface area contributed by atoms with Crippen molar-refractivity contribution < 1.29 is 18.3 Å². The summed E-state index contributed by atoms with van der Waals surface area (Å²) in [5, 5.41) is 9.70. The van der Waals surface area contributed by atoms with Gasteiger partial charge in [-0.15, -0.1) is 10.2 Å². The Kier molecular flexibility index (Phi) is 5.41. The standard InChI is InChI=1S/C24H20FN3O4S/c1-3-5-18-26-27-24(33-18)28-20(13-6-9-15(10-7-13)31-4-2)19-21(29)16-12-14(25)8-11-17(16)32-22(19)23(28)30/h6-12,20H,3-5H2,1-2H3. The van der Waals surface area contributed by atoms with Gasteiger partial charge in [0.05, 0.1) is 23.6 Å². The maximum atomic E-state index is 13.9. The van der Waals surface area contributed by atoms with Crippen molar-refractivity contribution in [3.05, 3.63) is 80.4 Å². The van der Waals surface area contributed by atoms with E-state index in [1.165, 1.54) is 28.4 Å². The highest BCUT2D eigenvalue weighted by Gasteiger charge is 2.45. The number of amides is 1. The number of hydrogen-bond donors (Lipinski definition) is 0. The average Bonchev–Trinajstić information content (AvgIpc) is 3.38. The predicted octanol–water partition coefficient (Wildman–Crippen LogP) is 4.88. The van der Waals surface area contributed by atoms with E-state index in [1.807, 2.05) is 13.8 Å². The van der Waals surface area contributed by atoms with Crippen LogP contribution in [0.2, 0.25) is 0 Å². The molecule has 0 N–H and O–H groups in total. The number of ether oxygens (including phenoxy) is 1. The van der Waals surface area contributed by atoms with E-state index in [0.717, 1.165) is 23.9 Å². The Morgan fingerprint density at radius 1 is 1.12 bits per heavy atom. The van der Waals surface area contributed by atoms with Gasteiger partial charge in [0.1, 0.15) is 22.2 Å². The molecule has 1 aliphatic heterocycles. The minimum atomic E-state index is -0.783. The van der Waals surface area contributed by atoms with Gasteiger partial charge in [-0.2, -0.15) is 0 Å². The van der Waals surface area contributed by atoms with Crippen molar-refractivity contribution in [2.45, 2.75) is 32.7 Å². The summed E-state index contributed by atoms with van der Waals surface area (Å²) < 4.78 is 25.3. The highest BCUT2D eigenvalue weighted by molar-refractivity contribution is 7.15. The van der Waals surface area contributed by atoms with Crippen LogP contribution in [0, 0.1) is 5.82 Å². The average molecular weight is 466 g/mol. The molecule has 1 aliphatic rings. The summed E-state index contributed by atoms with van der Waals surface area (Å²) in [6, 6.07) is 10.1. The molecule has 0 fully saturated rings. The third kappa shape index (κ3) is 3.58. The zero-order valence-electron chi connectivity index (χ0n) is 18.0. The predicted molar refractivity (Wildman–Crippen MR) is 123 cm³/mol. The fraction of sp³-hybridized carbons (Fsp3) is 0.250. The lowest BCUT2D eigenvalue weighted by atomic mass is 9.98. The van der Waals surface area contributed by atoms with Crippen molar-refractivity contribution in [2.75, 3.05) is 11.5 Å². The van der Waals surface area contributed by atoms with E-state index in [1.54, 1.807) is 24.3 Å². The zero-order chi connectivity index (χ0) is 23.1. The molecule has 5 rings (SSSR count). The SMILES string of the molecule is CCCc1nnc(N2C(=O)c3oc4ccc(F)cc4c(=O)c3C2c2ccc(OCC)cc2)s1. The van der Waals surface area contributed by atoms with Crippen LogP contribution in [-0.4, -0.2) is 22.7 Å². The number of halogens is 1. The first-order valence-electron chi connectivity index (χ1n) is 10.7. The van der Waals surface area contributed by atoms with Crippen molar-refractivity contribution >= 4 is 33.3 Å². The Morgan fingerprint density at radius 3 is 2.64 bits per heavy atom.